The Balaban J connectivity index is 0.00000200. The van der Waals surface area contributed by atoms with Crippen LogP contribution in [0.3, 0.4) is 0 Å². The Morgan fingerprint density at radius 3 is 2.95 bits per heavy atom. The number of thiophene rings is 1. The SMILES string of the molecule is CC1CCCCC1CN=C(N)NCCc1cccs1.I. The number of halogens is 1. The van der Waals surface area contributed by atoms with Gasteiger partial charge >= 0.3 is 0 Å². The van der Waals surface area contributed by atoms with Gasteiger partial charge in [-0.25, -0.2) is 0 Å². The molecule has 1 aliphatic carbocycles. The molecule has 3 N–H and O–H groups in total. The summed E-state index contributed by atoms with van der Waals surface area (Å²) >= 11 is 1.79. The zero-order chi connectivity index (χ0) is 13.5. The Morgan fingerprint density at radius 1 is 1.45 bits per heavy atom. The lowest BCUT2D eigenvalue weighted by molar-refractivity contribution is 0.263. The maximum absolute atomic E-state index is 5.92. The molecule has 0 spiro atoms. The molecular weight excluding hydrogens is 381 g/mol. The van der Waals surface area contributed by atoms with Crippen molar-refractivity contribution in [3.8, 4) is 0 Å². The number of nitrogens with one attached hydrogen (secondary N) is 1. The van der Waals surface area contributed by atoms with Gasteiger partial charge in [-0.15, -0.1) is 35.3 Å². The average Bonchev–Trinajstić information content (AvgIpc) is 2.91. The fourth-order valence-electron chi connectivity index (χ4n) is 2.70. The largest absolute Gasteiger partial charge is 0.370 e. The van der Waals surface area contributed by atoms with E-state index in [1.165, 1.54) is 30.6 Å². The van der Waals surface area contributed by atoms with E-state index in [4.69, 9.17) is 5.73 Å². The van der Waals surface area contributed by atoms with Crippen LogP contribution in [0.2, 0.25) is 0 Å². The average molecular weight is 407 g/mol. The van der Waals surface area contributed by atoms with Gasteiger partial charge in [0.05, 0.1) is 0 Å². The topological polar surface area (TPSA) is 50.4 Å². The standard InChI is InChI=1S/C15H25N3S.HI/c1-12-5-2-3-6-13(12)11-18-15(16)17-9-8-14-7-4-10-19-14;/h4,7,10,12-13H,2-3,5-6,8-9,11H2,1H3,(H3,16,17,18);1H. The van der Waals surface area contributed by atoms with Gasteiger partial charge in [-0.05, 0) is 36.1 Å². The molecule has 0 aliphatic heterocycles. The van der Waals surface area contributed by atoms with E-state index in [0.717, 1.165) is 31.3 Å². The van der Waals surface area contributed by atoms with Gasteiger partial charge in [0, 0.05) is 18.0 Å². The molecule has 1 heterocycles. The van der Waals surface area contributed by atoms with Gasteiger partial charge in [-0.3, -0.25) is 4.99 Å². The fourth-order valence-corrected chi connectivity index (χ4v) is 3.41. The normalized spacial score (nSPS) is 23.1. The van der Waals surface area contributed by atoms with Crippen LogP contribution >= 0.6 is 35.3 Å². The molecule has 0 saturated heterocycles. The summed E-state index contributed by atoms with van der Waals surface area (Å²) in [5.41, 5.74) is 5.92. The molecule has 0 aromatic carbocycles. The predicted molar refractivity (Wildman–Crippen MR) is 99.1 cm³/mol. The smallest absolute Gasteiger partial charge is 0.188 e. The first-order valence-corrected chi connectivity index (χ1v) is 8.20. The van der Waals surface area contributed by atoms with Gasteiger partial charge in [-0.1, -0.05) is 32.3 Å². The summed E-state index contributed by atoms with van der Waals surface area (Å²) in [5.74, 6) is 2.14. The molecule has 2 atom stereocenters. The van der Waals surface area contributed by atoms with E-state index in [1.54, 1.807) is 11.3 Å². The molecular formula is C15H26IN3S. The minimum Gasteiger partial charge on any atom is -0.370 e. The van der Waals surface area contributed by atoms with Crippen LogP contribution in [0.25, 0.3) is 0 Å². The number of hydrogen-bond donors (Lipinski definition) is 2. The lowest BCUT2D eigenvalue weighted by Gasteiger charge is -2.27. The molecule has 1 fully saturated rings. The lowest BCUT2D eigenvalue weighted by Crippen LogP contribution is -2.34. The van der Waals surface area contributed by atoms with Crippen LogP contribution in [-0.2, 0) is 6.42 Å². The minimum atomic E-state index is 0. The monoisotopic (exact) mass is 407 g/mol. The summed E-state index contributed by atoms with van der Waals surface area (Å²) < 4.78 is 0. The highest BCUT2D eigenvalue weighted by Crippen LogP contribution is 2.29. The highest BCUT2D eigenvalue weighted by Gasteiger charge is 2.20. The second-order valence-electron chi connectivity index (χ2n) is 5.50. The van der Waals surface area contributed by atoms with E-state index < -0.39 is 0 Å². The van der Waals surface area contributed by atoms with Gasteiger partial charge in [0.1, 0.15) is 0 Å². The summed E-state index contributed by atoms with van der Waals surface area (Å²) in [4.78, 5) is 5.89. The minimum absolute atomic E-state index is 0. The van der Waals surface area contributed by atoms with Crippen LogP contribution in [0.15, 0.2) is 22.5 Å². The zero-order valence-corrected chi connectivity index (χ0v) is 15.3. The first-order chi connectivity index (χ1) is 9.25. The van der Waals surface area contributed by atoms with Gasteiger partial charge in [-0.2, -0.15) is 0 Å². The van der Waals surface area contributed by atoms with E-state index in [0.29, 0.717) is 5.96 Å². The van der Waals surface area contributed by atoms with Gasteiger partial charge < -0.3 is 11.1 Å². The van der Waals surface area contributed by atoms with Crippen LogP contribution in [0.1, 0.15) is 37.5 Å². The Kier molecular flexibility index (Phi) is 8.52. The van der Waals surface area contributed by atoms with E-state index >= 15 is 0 Å². The molecule has 2 unspecified atom stereocenters. The molecule has 5 heteroatoms. The summed E-state index contributed by atoms with van der Waals surface area (Å²) in [7, 11) is 0. The predicted octanol–water partition coefficient (Wildman–Crippen LogP) is 3.64. The maximum atomic E-state index is 5.92. The summed E-state index contributed by atoms with van der Waals surface area (Å²) in [6, 6.07) is 4.24. The number of rotatable bonds is 5. The van der Waals surface area contributed by atoms with E-state index in [1.807, 2.05) is 0 Å². The van der Waals surface area contributed by atoms with Crippen molar-refractivity contribution in [3.05, 3.63) is 22.4 Å². The van der Waals surface area contributed by atoms with Crippen LogP contribution < -0.4 is 11.1 Å². The third kappa shape index (κ3) is 5.99. The number of aliphatic imine (C=N–C) groups is 1. The molecule has 20 heavy (non-hydrogen) atoms. The van der Waals surface area contributed by atoms with Gasteiger partial charge in [0.25, 0.3) is 0 Å². The first-order valence-electron chi connectivity index (χ1n) is 7.32. The number of hydrogen-bond acceptors (Lipinski definition) is 2. The Bertz CT molecular complexity index is 392. The van der Waals surface area contributed by atoms with Gasteiger partial charge in [0.15, 0.2) is 5.96 Å². The Labute approximate surface area is 143 Å². The van der Waals surface area contributed by atoms with Crippen LogP contribution in [0, 0.1) is 11.8 Å². The summed E-state index contributed by atoms with van der Waals surface area (Å²) in [6.45, 7) is 4.11. The van der Waals surface area contributed by atoms with Crippen molar-refractivity contribution >= 4 is 41.3 Å². The van der Waals surface area contributed by atoms with Crippen molar-refractivity contribution in [2.75, 3.05) is 13.1 Å². The molecule has 0 bridgehead atoms. The van der Waals surface area contributed by atoms with Crippen molar-refractivity contribution in [2.45, 2.75) is 39.0 Å². The van der Waals surface area contributed by atoms with Crippen molar-refractivity contribution in [2.24, 2.45) is 22.6 Å². The lowest BCUT2D eigenvalue weighted by atomic mass is 9.80. The molecule has 1 aliphatic rings. The fraction of sp³-hybridized carbons (Fsp3) is 0.667. The third-order valence-corrected chi connectivity index (χ3v) is 4.98. The van der Waals surface area contributed by atoms with Crippen molar-refractivity contribution in [3.63, 3.8) is 0 Å². The molecule has 1 aromatic heterocycles. The number of guanidine groups is 1. The van der Waals surface area contributed by atoms with Gasteiger partial charge in [0.2, 0.25) is 0 Å². The highest BCUT2D eigenvalue weighted by atomic mass is 127. The summed E-state index contributed by atoms with van der Waals surface area (Å²) in [6.07, 6.45) is 6.43. The van der Waals surface area contributed by atoms with Crippen molar-refractivity contribution in [1.29, 1.82) is 0 Å². The third-order valence-electron chi connectivity index (χ3n) is 4.04. The van der Waals surface area contributed by atoms with E-state index in [2.05, 4.69) is 34.7 Å². The van der Waals surface area contributed by atoms with Crippen LogP contribution in [0.4, 0.5) is 0 Å². The van der Waals surface area contributed by atoms with E-state index in [-0.39, 0.29) is 24.0 Å². The van der Waals surface area contributed by atoms with Crippen molar-refractivity contribution in [1.82, 2.24) is 5.32 Å². The van der Waals surface area contributed by atoms with E-state index in [9.17, 15) is 0 Å². The number of nitrogens with zero attached hydrogens (tertiary/aromatic N) is 1. The second kappa shape index (κ2) is 9.60. The molecule has 0 radical (unpaired) electrons. The maximum Gasteiger partial charge on any atom is 0.188 e. The molecule has 114 valence electrons. The quantitative estimate of drug-likeness (QED) is 0.445. The second-order valence-corrected chi connectivity index (χ2v) is 6.54. The Morgan fingerprint density at radius 2 is 2.25 bits per heavy atom. The molecule has 3 nitrogen and oxygen atoms in total. The van der Waals surface area contributed by atoms with Crippen LogP contribution in [-0.4, -0.2) is 19.0 Å². The molecule has 1 aromatic rings. The first kappa shape index (κ1) is 17.8. The molecule has 0 amide bonds. The molecule has 2 rings (SSSR count). The van der Waals surface area contributed by atoms with Crippen molar-refractivity contribution < 1.29 is 0 Å². The number of nitrogens with two attached hydrogens (primary N) is 1. The summed E-state index contributed by atoms with van der Waals surface area (Å²) in [5, 5.41) is 5.32. The highest BCUT2D eigenvalue weighted by molar-refractivity contribution is 14.0. The van der Waals surface area contributed by atoms with Crippen LogP contribution in [0.5, 0.6) is 0 Å². The Hall–Kier alpha value is -0.300. The molecule has 1 saturated carbocycles. The zero-order valence-electron chi connectivity index (χ0n) is 12.2.